The molecule has 0 fully saturated rings. The van der Waals surface area contributed by atoms with Crippen LogP contribution in [0.5, 0.6) is 5.75 Å². The number of hydrogen-bond donors (Lipinski definition) is 2. The Morgan fingerprint density at radius 2 is 2.03 bits per heavy atom. The summed E-state index contributed by atoms with van der Waals surface area (Å²) in [7, 11) is 1.56. The van der Waals surface area contributed by atoms with Gasteiger partial charge in [-0.1, -0.05) is 12.1 Å². The average molecular weight is 481 g/mol. The second-order valence-corrected chi connectivity index (χ2v) is 9.22. The monoisotopic (exact) mass is 480 g/mol. The Bertz CT molecular complexity index is 1370. The van der Waals surface area contributed by atoms with Crippen molar-refractivity contribution in [2.75, 3.05) is 13.7 Å². The molecule has 0 spiro atoms. The molecule has 2 amide bonds. The predicted octanol–water partition coefficient (Wildman–Crippen LogP) is 2.83. The number of ether oxygens (including phenoxy) is 2. The largest absolute Gasteiger partial charge is 0.497 e. The van der Waals surface area contributed by atoms with Crippen molar-refractivity contribution in [3.63, 3.8) is 0 Å². The van der Waals surface area contributed by atoms with Gasteiger partial charge < -0.3 is 20.1 Å². The van der Waals surface area contributed by atoms with Gasteiger partial charge >= 0.3 is 12.0 Å². The lowest BCUT2D eigenvalue weighted by Crippen LogP contribution is -2.47. The molecule has 5 rings (SSSR count). The summed E-state index contributed by atoms with van der Waals surface area (Å²) in [5.74, 6) is 0.0875. The number of aromatic nitrogens is 2. The highest BCUT2D eigenvalue weighted by molar-refractivity contribution is 7.18. The fourth-order valence-electron chi connectivity index (χ4n) is 4.54. The summed E-state index contributed by atoms with van der Waals surface area (Å²) in [6, 6.07) is 5.85. The number of allylic oxidation sites excluding steroid dienone is 1. The number of rotatable bonds is 6. The van der Waals surface area contributed by atoms with Crippen LogP contribution < -0.4 is 20.9 Å². The van der Waals surface area contributed by atoms with Gasteiger partial charge in [0.25, 0.3) is 5.56 Å². The highest BCUT2D eigenvalue weighted by atomic mass is 32.1. The van der Waals surface area contributed by atoms with E-state index in [1.807, 2.05) is 0 Å². The number of thiophene rings is 1. The first-order valence-corrected chi connectivity index (χ1v) is 11.9. The van der Waals surface area contributed by atoms with E-state index in [0.717, 1.165) is 29.7 Å². The minimum atomic E-state index is -0.744. The van der Waals surface area contributed by atoms with Crippen LogP contribution in [0.4, 0.5) is 4.79 Å². The van der Waals surface area contributed by atoms with Crippen LogP contribution in [0.3, 0.4) is 0 Å². The van der Waals surface area contributed by atoms with Gasteiger partial charge in [0.15, 0.2) is 0 Å². The number of hydrogen-bond acceptors (Lipinski definition) is 7. The van der Waals surface area contributed by atoms with Crippen LogP contribution >= 0.6 is 11.3 Å². The Balaban J connectivity index is 1.60. The lowest BCUT2D eigenvalue weighted by atomic mass is 9.95. The third kappa shape index (κ3) is 3.83. The van der Waals surface area contributed by atoms with E-state index in [1.54, 1.807) is 49.6 Å². The molecule has 0 radical (unpaired) electrons. The molecule has 9 nitrogen and oxygen atoms in total. The van der Waals surface area contributed by atoms with E-state index in [9.17, 15) is 14.4 Å². The van der Waals surface area contributed by atoms with Gasteiger partial charge in [0, 0.05) is 4.88 Å². The van der Waals surface area contributed by atoms with E-state index in [2.05, 4.69) is 15.6 Å². The predicted molar refractivity (Wildman–Crippen MR) is 127 cm³/mol. The van der Waals surface area contributed by atoms with E-state index < -0.39 is 18.0 Å². The number of nitrogens with one attached hydrogen (secondary N) is 2. The second-order valence-electron chi connectivity index (χ2n) is 8.13. The number of amides is 2. The van der Waals surface area contributed by atoms with Crippen LogP contribution in [0.2, 0.25) is 0 Å². The number of urea groups is 1. The molecule has 1 atom stereocenters. The minimum absolute atomic E-state index is 0.0133. The lowest BCUT2D eigenvalue weighted by Gasteiger charge is -2.29. The van der Waals surface area contributed by atoms with Gasteiger partial charge in [-0.25, -0.2) is 14.6 Å². The summed E-state index contributed by atoms with van der Waals surface area (Å²) in [6.45, 7) is 1.88. The van der Waals surface area contributed by atoms with E-state index in [-0.39, 0.29) is 24.3 Å². The number of fused-ring (bicyclic) bond motifs is 3. The molecule has 1 aromatic carbocycles. The number of methoxy groups -OCH3 is 1. The van der Waals surface area contributed by atoms with Gasteiger partial charge in [0.1, 0.15) is 10.6 Å². The summed E-state index contributed by atoms with van der Waals surface area (Å²) in [4.78, 5) is 45.4. The molecule has 3 aromatic rings. The fraction of sp³-hybridized carbons (Fsp3) is 0.333. The minimum Gasteiger partial charge on any atom is -0.497 e. The Morgan fingerprint density at radius 1 is 1.24 bits per heavy atom. The van der Waals surface area contributed by atoms with Crippen LogP contribution in [0.1, 0.15) is 35.4 Å². The Hall–Kier alpha value is -3.66. The molecule has 1 aliphatic carbocycles. The van der Waals surface area contributed by atoms with Crippen molar-refractivity contribution in [2.24, 2.45) is 0 Å². The Kier molecular flexibility index (Phi) is 5.82. The smallest absolute Gasteiger partial charge is 0.338 e. The number of aryl methyl sites for hydroxylation is 2. The van der Waals surface area contributed by atoms with Crippen molar-refractivity contribution < 1.29 is 19.1 Å². The number of esters is 1. The van der Waals surface area contributed by atoms with E-state index in [1.165, 1.54) is 15.8 Å². The van der Waals surface area contributed by atoms with Gasteiger partial charge in [-0.3, -0.25) is 9.36 Å². The van der Waals surface area contributed by atoms with Crippen molar-refractivity contribution >= 4 is 33.6 Å². The normalized spacial score (nSPS) is 17.4. The van der Waals surface area contributed by atoms with Crippen LogP contribution in [-0.4, -0.2) is 35.3 Å². The molecule has 10 heteroatoms. The molecular formula is C24H24N4O5S. The van der Waals surface area contributed by atoms with Crippen molar-refractivity contribution in [1.29, 1.82) is 0 Å². The number of nitrogens with zero attached hydrogens (tertiary/aromatic N) is 2. The Labute approximate surface area is 199 Å². The third-order valence-electron chi connectivity index (χ3n) is 6.12. The van der Waals surface area contributed by atoms with Crippen LogP contribution in [0, 0.1) is 0 Å². The van der Waals surface area contributed by atoms with E-state index in [4.69, 9.17) is 9.47 Å². The zero-order chi connectivity index (χ0) is 23.8. The SMILES string of the molecule is CCOC(=O)C1=C(Cn2cnc3sc4c(c3c2=O)CCC4)NC(=O)NC1c1ccc(OC)cc1. The molecular weight excluding hydrogens is 456 g/mol. The molecule has 2 N–H and O–H groups in total. The molecule has 2 aromatic heterocycles. The maximum absolute atomic E-state index is 13.4. The molecule has 1 unspecified atom stereocenters. The number of benzene rings is 1. The second kappa shape index (κ2) is 8.94. The van der Waals surface area contributed by atoms with Crippen molar-refractivity contribution in [3.8, 4) is 5.75 Å². The van der Waals surface area contributed by atoms with Gasteiger partial charge in [-0.2, -0.15) is 0 Å². The quantitative estimate of drug-likeness (QED) is 0.525. The molecule has 1 aliphatic heterocycles. The van der Waals surface area contributed by atoms with Crippen LogP contribution in [-0.2, 0) is 28.9 Å². The maximum atomic E-state index is 13.4. The topological polar surface area (TPSA) is 112 Å². The molecule has 2 aliphatic rings. The van der Waals surface area contributed by atoms with Crippen LogP contribution in [0.25, 0.3) is 10.2 Å². The van der Waals surface area contributed by atoms with Crippen molar-refractivity contribution in [2.45, 2.75) is 38.8 Å². The maximum Gasteiger partial charge on any atom is 0.338 e. The molecule has 176 valence electrons. The molecule has 0 saturated carbocycles. The van der Waals surface area contributed by atoms with Crippen molar-refractivity contribution in [3.05, 3.63) is 68.2 Å². The van der Waals surface area contributed by atoms with Gasteiger partial charge in [0.2, 0.25) is 0 Å². The van der Waals surface area contributed by atoms with Gasteiger partial charge in [-0.05, 0) is 49.4 Å². The highest BCUT2D eigenvalue weighted by Gasteiger charge is 2.34. The molecule has 3 heterocycles. The lowest BCUT2D eigenvalue weighted by molar-refractivity contribution is -0.139. The fourth-order valence-corrected chi connectivity index (χ4v) is 5.76. The van der Waals surface area contributed by atoms with Gasteiger partial charge in [0.05, 0.1) is 49.3 Å². The first-order valence-electron chi connectivity index (χ1n) is 11.1. The Morgan fingerprint density at radius 3 is 2.76 bits per heavy atom. The summed E-state index contributed by atoms with van der Waals surface area (Å²) in [5.41, 5.74) is 2.14. The van der Waals surface area contributed by atoms with Crippen LogP contribution in [0.15, 0.2) is 46.7 Å². The third-order valence-corrected chi connectivity index (χ3v) is 7.32. The van der Waals surface area contributed by atoms with E-state index >= 15 is 0 Å². The van der Waals surface area contributed by atoms with E-state index in [0.29, 0.717) is 22.4 Å². The number of carbonyl (C=O) groups is 2. The summed E-state index contributed by atoms with van der Waals surface area (Å²) in [6.07, 6.45) is 4.35. The highest BCUT2D eigenvalue weighted by Crippen LogP contribution is 2.34. The average Bonchev–Trinajstić information content (AvgIpc) is 3.42. The first-order chi connectivity index (χ1) is 16.5. The molecule has 0 bridgehead atoms. The molecule has 34 heavy (non-hydrogen) atoms. The zero-order valence-electron chi connectivity index (χ0n) is 18.8. The summed E-state index contributed by atoms with van der Waals surface area (Å²) < 4.78 is 12.0. The first kappa shape index (κ1) is 22.1. The number of carbonyl (C=O) groups excluding carboxylic acids is 2. The molecule has 0 saturated heterocycles. The zero-order valence-corrected chi connectivity index (χ0v) is 19.7. The van der Waals surface area contributed by atoms with Crippen molar-refractivity contribution in [1.82, 2.24) is 20.2 Å². The summed E-state index contributed by atoms with van der Waals surface area (Å²) >= 11 is 1.57. The summed E-state index contributed by atoms with van der Waals surface area (Å²) in [5, 5.41) is 6.16. The van der Waals surface area contributed by atoms with Gasteiger partial charge in [-0.15, -0.1) is 11.3 Å². The standard InChI is InChI=1S/C24H24N4O5S/c1-3-33-23(30)19-16(26-24(31)27-20(19)13-7-9-14(32-2)10-8-13)11-28-12-25-21-18(22(28)29)15-5-4-6-17(15)34-21/h7-10,12,20H,3-6,11H2,1-2H3,(H2,26,27,31).